The van der Waals surface area contributed by atoms with Crippen LogP contribution in [-0.2, 0) is 4.74 Å². The van der Waals surface area contributed by atoms with Crippen LogP contribution in [-0.4, -0.2) is 19.7 Å². The fourth-order valence-electron chi connectivity index (χ4n) is 2.74. The minimum absolute atomic E-state index is 0.279. The van der Waals surface area contributed by atoms with Gasteiger partial charge in [-0.25, -0.2) is 0 Å². The maximum absolute atomic E-state index is 6.01. The second-order valence-corrected chi connectivity index (χ2v) is 5.99. The lowest BCUT2D eigenvalue weighted by Crippen LogP contribution is -2.32. The smallest absolute Gasteiger partial charge is 0.0865 e. The van der Waals surface area contributed by atoms with Crippen LogP contribution in [0.25, 0.3) is 0 Å². The average Bonchev–Trinajstić information content (AvgIpc) is 2.45. The Kier molecular flexibility index (Phi) is 5.87. The van der Waals surface area contributed by atoms with E-state index in [-0.39, 0.29) is 6.10 Å². The summed E-state index contributed by atoms with van der Waals surface area (Å²) in [6.07, 6.45) is 4.00. The summed E-state index contributed by atoms with van der Waals surface area (Å²) in [7, 11) is 0. The Morgan fingerprint density at radius 2 is 2.05 bits per heavy atom. The summed E-state index contributed by atoms with van der Waals surface area (Å²) in [5.41, 5.74) is 1.33. The minimum atomic E-state index is 0.279. The monoisotopic (exact) mass is 261 g/mol. The molecule has 0 radical (unpaired) electrons. The van der Waals surface area contributed by atoms with Crippen molar-refractivity contribution in [1.29, 1.82) is 0 Å². The highest BCUT2D eigenvalue weighted by atomic mass is 16.5. The Morgan fingerprint density at radius 3 is 2.79 bits per heavy atom. The van der Waals surface area contributed by atoms with E-state index in [1.807, 2.05) is 0 Å². The SMILES string of the molecule is CC(C)CCNCC1CCCOC1c1ccccc1. The van der Waals surface area contributed by atoms with Crippen molar-refractivity contribution < 1.29 is 4.74 Å². The largest absolute Gasteiger partial charge is 0.373 e. The molecule has 2 heteroatoms. The number of ether oxygens (including phenoxy) is 1. The summed E-state index contributed by atoms with van der Waals surface area (Å²) < 4.78 is 6.01. The normalized spacial score (nSPS) is 23.7. The third-order valence-electron chi connectivity index (χ3n) is 3.88. The summed E-state index contributed by atoms with van der Waals surface area (Å²) in [5, 5.41) is 3.61. The van der Waals surface area contributed by atoms with Crippen molar-refractivity contribution in [3.8, 4) is 0 Å². The van der Waals surface area contributed by atoms with E-state index in [1.165, 1.54) is 24.8 Å². The van der Waals surface area contributed by atoms with Crippen LogP contribution in [0.1, 0.15) is 44.8 Å². The highest BCUT2D eigenvalue weighted by Crippen LogP contribution is 2.32. The fourth-order valence-corrected chi connectivity index (χ4v) is 2.74. The van der Waals surface area contributed by atoms with Gasteiger partial charge in [0.2, 0.25) is 0 Å². The first-order chi connectivity index (χ1) is 9.27. The molecule has 19 heavy (non-hydrogen) atoms. The molecular weight excluding hydrogens is 234 g/mol. The molecule has 0 aliphatic carbocycles. The lowest BCUT2D eigenvalue weighted by molar-refractivity contribution is -0.0277. The second-order valence-electron chi connectivity index (χ2n) is 5.99. The van der Waals surface area contributed by atoms with E-state index in [0.29, 0.717) is 5.92 Å². The highest BCUT2D eigenvalue weighted by Gasteiger charge is 2.26. The van der Waals surface area contributed by atoms with Crippen molar-refractivity contribution in [2.24, 2.45) is 11.8 Å². The van der Waals surface area contributed by atoms with Gasteiger partial charge < -0.3 is 10.1 Å². The molecule has 1 aromatic rings. The molecule has 1 N–H and O–H groups in total. The molecule has 0 aromatic heterocycles. The van der Waals surface area contributed by atoms with Gasteiger partial charge in [0.15, 0.2) is 0 Å². The first kappa shape index (κ1) is 14.5. The molecule has 1 aromatic carbocycles. The number of rotatable bonds is 6. The maximum atomic E-state index is 6.01. The Hall–Kier alpha value is -0.860. The number of hydrogen-bond donors (Lipinski definition) is 1. The van der Waals surface area contributed by atoms with Gasteiger partial charge in [0.25, 0.3) is 0 Å². The topological polar surface area (TPSA) is 21.3 Å². The minimum Gasteiger partial charge on any atom is -0.373 e. The quantitative estimate of drug-likeness (QED) is 0.787. The van der Waals surface area contributed by atoms with E-state index in [2.05, 4.69) is 49.5 Å². The summed E-state index contributed by atoms with van der Waals surface area (Å²) in [5.74, 6) is 1.39. The van der Waals surface area contributed by atoms with Crippen molar-refractivity contribution in [3.63, 3.8) is 0 Å². The van der Waals surface area contributed by atoms with Crippen LogP contribution in [0.5, 0.6) is 0 Å². The molecule has 0 spiro atoms. The van der Waals surface area contributed by atoms with E-state index in [4.69, 9.17) is 4.74 Å². The maximum Gasteiger partial charge on any atom is 0.0865 e. The molecule has 2 nitrogen and oxygen atoms in total. The van der Waals surface area contributed by atoms with Gasteiger partial charge in [0, 0.05) is 19.1 Å². The number of hydrogen-bond acceptors (Lipinski definition) is 2. The van der Waals surface area contributed by atoms with Crippen molar-refractivity contribution in [3.05, 3.63) is 35.9 Å². The predicted molar refractivity (Wildman–Crippen MR) is 80.2 cm³/mol. The first-order valence-corrected chi connectivity index (χ1v) is 7.64. The first-order valence-electron chi connectivity index (χ1n) is 7.64. The number of benzene rings is 1. The Morgan fingerprint density at radius 1 is 1.26 bits per heavy atom. The van der Waals surface area contributed by atoms with Crippen LogP contribution in [0.2, 0.25) is 0 Å². The zero-order chi connectivity index (χ0) is 13.5. The molecule has 1 saturated heterocycles. The lowest BCUT2D eigenvalue weighted by atomic mass is 9.89. The molecule has 2 unspecified atom stereocenters. The van der Waals surface area contributed by atoms with Crippen LogP contribution in [0.3, 0.4) is 0 Å². The van der Waals surface area contributed by atoms with Crippen molar-refractivity contribution in [2.45, 2.75) is 39.2 Å². The van der Waals surface area contributed by atoms with Gasteiger partial charge in [-0.3, -0.25) is 0 Å². The van der Waals surface area contributed by atoms with Crippen molar-refractivity contribution >= 4 is 0 Å². The summed E-state index contributed by atoms with van der Waals surface area (Å²) in [6, 6.07) is 10.7. The molecule has 1 fully saturated rings. The van der Waals surface area contributed by atoms with Gasteiger partial charge in [0.05, 0.1) is 6.10 Å². The van der Waals surface area contributed by atoms with Crippen molar-refractivity contribution in [1.82, 2.24) is 5.32 Å². The van der Waals surface area contributed by atoms with Gasteiger partial charge >= 0.3 is 0 Å². The van der Waals surface area contributed by atoms with E-state index in [9.17, 15) is 0 Å². The van der Waals surface area contributed by atoms with E-state index in [1.54, 1.807) is 0 Å². The lowest BCUT2D eigenvalue weighted by Gasteiger charge is -2.32. The van der Waals surface area contributed by atoms with Crippen LogP contribution < -0.4 is 5.32 Å². The van der Waals surface area contributed by atoms with Crippen LogP contribution in [0.15, 0.2) is 30.3 Å². The second kappa shape index (κ2) is 7.66. The van der Waals surface area contributed by atoms with E-state index >= 15 is 0 Å². The Balaban J connectivity index is 1.86. The molecular formula is C17H27NO. The third kappa shape index (κ3) is 4.63. The van der Waals surface area contributed by atoms with Gasteiger partial charge in [0.1, 0.15) is 0 Å². The van der Waals surface area contributed by atoms with Crippen LogP contribution in [0, 0.1) is 11.8 Å². The van der Waals surface area contributed by atoms with Crippen LogP contribution in [0.4, 0.5) is 0 Å². The summed E-state index contributed by atoms with van der Waals surface area (Å²) in [4.78, 5) is 0. The zero-order valence-corrected chi connectivity index (χ0v) is 12.3. The molecule has 1 aliphatic heterocycles. The molecule has 0 saturated carbocycles. The van der Waals surface area contributed by atoms with Gasteiger partial charge in [-0.05, 0) is 37.3 Å². The standard InChI is InChI=1S/C17H27NO/c1-14(2)10-11-18-13-16-9-6-12-19-17(16)15-7-4-3-5-8-15/h3-5,7-8,14,16-18H,6,9-13H2,1-2H3. The summed E-state index contributed by atoms with van der Waals surface area (Å²) in [6.45, 7) is 7.65. The van der Waals surface area contributed by atoms with E-state index < -0.39 is 0 Å². The fraction of sp³-hybridized carbons (Fsp3) is 0.647. The highest BCUT2D eigenvalue weighted by molar-refractivity contribution is 5.18. The van der Waals surface area contributed by atoms with Crippen molar-refractivity contribution in [2.75, 3.05) is 19.7 Å². The summed E-state index contributed by atoms with van der Waals surface area (Å²) >= 11 is 0. The molecule has 0 bridgehead atoms. The average molecular weight is 261 g/mol. The van der Waals surface area contributed by atoms with E-state index in [0.717, 1.165) is 25.6 Å². The van der Waals surface area contributed by atoms with Gasteiger partial charge in [-0.15, -0.1) is 0 Å². The Bertz CT molecular complexity index is 350. The van der Waals surface area contributed by atoms with Gasteiger partial charge in [-0.1, -0.05) is 44.2 Å². The molecule has 1 aliphatic rings. The third-order valence-corrected chi connectivity index (χ3v) is 3.88. The van der Waals surface area contributed by atoms with Crippen LogP contribution >= 0.6 is 0 Å². The zero-order valence-electron chi connectivity index (χ0n) is 12.3. The molecule has 1 heterocycles. The number of nitrogens with one attached hydrogen (secondary N) is 1. The molecule has 2 atom stereocenters. The predicted octanol–water partition coefficient (Wildman–Crippen LogP) is 3.79. The molecule has 106 valence electrons. The van der Waals surface area contributed by atoms with Gasteiger partial charge in [-0.2, -0.15) is 0 Å². The Labute approximate surface area is 117 Å². The molecule has 2 rings (SSSR count). The molecule has 0 amide bonds.